The van der Waals surface area contributed by atoms with Gasteiger partial charge in [-0.05, 0) is 44.0 Å². The van der Waals surface area contributed by atoms with Gasteiger partial charge in [0.05, 0.1) is 18.7 Å². The van der Waals surface area contributed by atoms with Crippen LogP contribution in [0.2, 0.25) is 0 Å². The van der Waals surface area contributed by atoms with E-state index in [-0.39, 0.29) is 24.3 Å². The van der Waals surface area contributed by atoms with Crippen LogP contribution in [0.25, 0.3) is 0 Å². The second kappa shape index (κ2) is 6.87. The fourth-order valence-electron chi connectivity index (χ4n) is 2.82. The van der Waals surface area contributed by atoms with Crippen LogP contribution < -0.4 is 15.5 Å². The van der Waals surface area contributed by atoms with Gasteiger partial charge in [-0.3, -0.25) is 4.90 Å². The first kappa shape index (κ1) is 15.6. The lowest BCUT2D eigenvalue weighted by molar-refractivity contribution is 0.0868. The Hall–Kier alpha value is -2.28. The van der Waals surface area contributed by atoms with Crippen LogP contribution in [0, 0.1) is 0 Å². The van der Waals surface area contributed by atoms with Gasteiger partial charge in [0, 0.05) is 18.0 Å². The largest absolute Gasteiger partial charge is 0.447 e. The van der Waals surface area contributed by atoms with Crippen molar-refractivity contribution in [1.82, 2.24) is 5.32 Å². The summed E-state index contributed by atoms with van der Waals surface area (Å²) in [6.07, 6.45) is 1.76. The molecule has 2 fully saturated rings. The summed E-state index contributed by atoms with van der Waals surface area (Å²) in [4.78, 5) is 25.1. The van der Waals surface area contributed by atoms with Crippen LogP contribution in [-0.4, -0.2) is 44.0 Å². The molecule has 2 heterocycles. The molecule has 3 amide bonds. The van der Waals surface area contributed by atoms with E-state index < -0.39 is 0 Å². The Kier molecular flexibility index (Phi) is 4.66. The summed E-state index contributed by atoms with van der Waals surface area (Å²) in [6, 6.07) is 6.80. The van der Waals surface area contributed by atoms with E-state index >= 15 is 0 Å². The number of nitrogens with one attached hydrogen (secondary N) is 2. The maximum Gasteiger partial charge on any atom is 0.414 e. The van der Waals surface area contributed by atoms with Crippen molar-refractivity contribution in [1.29, 1.82) is 0 Å². The summed E-state index contributed by atoms with van der Waals surface area (Å²) in [5.74, 6) is 0. The minimum absolute atomic E-state index is 0.0313. The molecule has 0 bridgehead atoms. The van der Waals surface area contributed by atoms with Crippen molar-refractivity contribution in [2.45, 2.75) is 31.9 Å². The van der Waals surface area contributed by atoms with Gasteiger partial charge in [0.2, 0.25) is 0 Å². The molecule has 0 aliphatic carbocycles. The fourth-order valence-corrected chi connectivity index (χ4v) is 2.82. The Morgan fingerprint density at radius 1 is 1.30 bits per heavy atom. The molecule has 3 rings (SSSR count). The highest BCUT2D eigenvalue weighted by molar-refractivity contribution is 5.91. The molecule has 1 aromatic rings. The second-order valence-electron chi connectivity index (χ2n) is 5.75. The first-order valence-electron chi connectivity index (χ1n) is 7.87. The number of urea groups is 1. The van der Waals surface area contributed by atoms with E-state index in [1.165, 1.54) is 0 Å². The summed E-state index contributed by atoms with van der Waals surface area (Å²) in [7, 11) is 0. The van der Waals surface area contributed by atoms with Crippen molar-refractivity contribution in [2.24, 2.45) is 0 Å². The Morgan fingerprint density at radius 3 is 2.70 bits per heavy atom. The second-order valence-corrected chi connectivity index (χ2v) is 5.75. The summed E-state index contributed by atoms with van der Waals surface area (Å²) in [6.45, 7) is 3.66. The standard InChI is InChI=1S/C16H21N3O4/c1-11(14-3-2-9-22-14)17-15(20)18-12-4-6-13(7-5-12)19-8-10-23-16(19)21/h4-7,11,14H,2-3,8-10H2,1H3,(H2,17,18,20)/t11-,14+/m1/s1. The molecule has 7 heteroatoms. The highest BCUT2D eigenvalue weighted by atomic mass is 16.6. The Bertz CT molecular complexity index is 569. The molecule has 2 aliphatic rings. The lowest BCUT2D eigenvalue weighted by Gasteiger charge is -2.20. The van der Waals surface area contributed by atoms with Gasteiger partial charge < -0.3 is 20.1 Å². The van der Waals surface area contributed by atoms with E-state index in [1.54, 1.807) is 29.2 Å². The van der Waals surface area contributed by atoms with Gasteiger partial charge in [0.15, 0.2) is 0 Å². The monoisotopic (exact) mass is 319 g/mol. The normalized spacial score (nSPS) is 21.9. The number of amides is 3. The van der Waals surface area contributed by atoms with Gasteiger partial charge in [0.25, 0.3) is 0 Å². The molecule has 0 aromatic heterocycles. The van der Waals surface area contributed by atoms with E-state index in [9.17, 15) is 9.59 Å². The molecular weight excluding hydrogens is 298 g/mol. The SMILES string of the molecule is C[C@@H](NC(=O)Nc1ccc(N2CCOC2=O)cc1)[C@@H]1CCCO1. The molecule has 2 N–H and O–H groups in total. The van der Waals surface area contributed by atoms with Crippen molar-refractivity contribution in [3.8, 4) is 0 Å². The van der Waals surface area contributed by atoms with Crippen LogP contribution in [0.4, 0.5) is 21.0 Å². The number of carbonyl (C=O) groups excluding carboxylic acids is 2. The molecule has 0 unspecified atom stereocenters. The number of anilines is 2. The predicted octanol–water partition coefficient (Wildman–Crippen LogP) is 2.33. The van der Waals surface area contributed by atoms with Gasteiger partial charge >= 0.3 is 12.1 Å². The molecule has 2 aliphatic heterocycles. The molecule has 0 spiro atoms. The Morgan fingerprint density at radius 2 is 2.09 bits per heavy atom. The van der Waals surface area contributed by atoms with Crippen LogP contribution in [0.15, 0.2) is 24.3 Å². The number of hydrogen-bond acceptors (Lipinski definition) is 4. The van der Waals surface area contributed by atoms with Gasteiger partial charge in [0.1, 0.15) is 6.61 Å². The minimum atomic E-state index is -0.339. The smallest absolute Gasteiger partial charge is 0.414 e. The molecular formula is C16H21N3O4. The van der Waals surface area contributed by atoms with E-state index in [4.69, 9.17) is 9.47 Å². The maximum atomic E-state index is 12.0. The third kappa shape index (κ3) is 3.73. The molecule has 23 heavy (non-hydrogen) atoms. The highest BCUT2D eigenvalue weighted by Crippen LogP contribution is 2.21. The van der Waals surface area contributed by atoms with E-state index in [0.29, 0.717) is 18.8 Å². The third-order valence-electron chi connectivity index (χ3n) is 4.08. The first-order valence-corrected chi connectivity index (χ1v) is 7.87. The zero-order valence-corrected chi connectivity index (χ0v) is 13.1. The zero-order valence-electron chi connectivity index (χ0n) is 13.1. The predicted molar refractivity (Wildman–Crippen MR) is 85.7 cm³/mol. The summed E-state index contributed by atoms with van der Waals surface area (Å²) in [5.41, 5.74) is 1.42. The number of hydrogen-bond donors (Lipinski definition) is 2. The molecule has 0 radical (unpaired) electrons. The van der Waals surface area contributed by atoms with Crippen molar-refractivity contribution in [3.63, 3.8) is 0 Å². The molecule has 124 valence electrons. The quantitative estimate of drug-likeness (QED) is 0.892. The number of nitrogens with zero attached hydrogens (tertiary/aromatic N) is 1. The lowest BCUT2D eigenvalue weighted by atomic mass is 10.1. The fraction of sp³-hybridized carbons (Fsp3) is 0.500. The molecule has 2 atom stereocenters. The van der Waals surface area contributed by atoms with Crippen LogP contribution in [0.3, 0.4) is 0 Å². The summed E-state index contributed by atoms with van der Waals surface area (Å²) < 4.78 is 10.5. The summed E-state index contributed by atoms with van der Waals surface area (Å²) in [5, 5.41) is 5.67. The Labute approximate surface area is 134 Å². The van der Waals surface area contributed by atoms with Crippen molar-refractivity contribution < 1.29 is 19.1 Å². The maximum absolute atomic E-state index is 12.0. The number of carbonyl (C=O) groups is 2. The molecule has 2 saturated heterocycles. The van der Waals surface area contributed by atoms with Crippen LogP contribution in [-0.2, 0) is 9.47 Å². The number of ether oxygens (including phenoxy) is 2. The average molecular weight is 319 g/mol. The Balaban J connectivity index is 1.53. The minimum Gasteiger partial charge on any atom is -0.447 e. The van der Waals surface area contributed by atoms with Gasteiger partial charge in [-0.1, -0.05) is 0 Å². The number of rotatable bonds is 4. The zero-order chi connectivity index (χ0) is 16.2. The van der Waals surface area contributed by atoms with Crippen LogP contribution in [0.5, 0.6) is 0 Å². The van der Waals surface area contributed by atoms with Crippen molar-refractivity contribution >= 4 is 23.5 Å². The molecule has 0 saturated carbocycles. The van der Waals surface area contributed by atoms with Crippen LogP contribution in [0.1, 0.15) is 19.8 Å². The topological polar surface area (TPSA) is 79.9 Å². The molecule has 7 nitrogen and oxygen atoms in total. The van der Waals surface area contributed by atoms with E-state index in [1.807, 2.05) is 6.92 Å². The van der Waals surface area contributed by atoms with Gasteiger partial charge in [-0.2, -0.15) is 0 Å². The average Bonchev–Trinajstić information content (AvgIpc) is 3.19. The number of benzene rings is 1. The first-order chi connectivity index (χ1) is 11.1. The third-order valence-corrected chi connectivity index (χ3v) is 4.08. The summed E-state index contributed by atoms with van der Waals surface area (Å²) >= 11 is 0. The van der Waals surface area contributed by atoms with Crippen molar-refractivity contribution in [3.05, 3.63) is 24.3 Å². The molecule has 1 aromatic carbocycles. The van der Waals surface area contributed by atoms with Crippen LogP contribution >= 0.6 is 0 Å². The number of cyclic esters (lactones) is 1. The highest BCUT2D eigenvalue weighted by Gasteiger charge is 2.24. The van der Waals surface area contributed by atoms with Crippen molar-refractivity contribution in [2.75, 3.05) is 30.0 Å². The van der Waals surface area contributed by atoms with Gasteiger partial charge in [-0.25, -0.2) is 9.59 Å². The van der Waals surface area contributed by atoms with E-state index in [2.05, 4.69) is 10.6 Å². The van der Waals surface area contributed by atoms with Gasteiger partial charge in [-0.15, -0.1) is 0 Å². The van der Waals surface area contributed by atoms with E-state index in [0.717, 1.165) is 25.1 Å². The lowest BCUT2D eigenvalue weighted by Crippen LogP contribution is -2.42.